The molecule has 0 radical (unpaired) electrons. The fourth-order valence-corrected chi connectivity index (χ4v) is 2.21. The monoisotopic (exact) mass is 374 g/mol. The average Bonchev–Trinajstić information content (AvgIpc) is 2.37. The van der Waals surface area contributed by atoms with Crippen molar-refractivity contribution in [2.45, 2.75) is 33.2 Å². The van der Waals surface area contributed by atoms with Gasteiger partial charge in [-0.05, 0) is 36.8 Å². The van der Waals surface area contributed by atoms with E-state index in [0.717, 1.165) is 30.1 Å². The zero-order valence-corrected chi connectivity index (χ0v) is 14.0. The van der Waals surface area contributed by atoms with Crippen molar-refractivity contribution in [2.24, 2.45) is 16.6 Å². The van der Waals surface area contributed by atoms with Gasteiger partial charge in [0.1, 0.15) is 0 Å². The zero-order valence-electron chi connectivity index (χ0n) is 11.7. The molecule has 0 bridgehead atoms. The van der Waals surface area contributed by atoms with E-state index in [9.17, 15) is 0 Å². The lowest BCUT2D eigenvalue weighted by molar-refractivity contribution is 0.277. The van der Waals surface area contributed by atoms with E-state index >= 15 is 0 Å². The molecule has 5 heteroatoms. The third-order valence-electron chi connectivity index (χ3n) is 3.46. The van der Waals surface area contributed by atoms with Gasteiger partial charge >= 0.3 is 0 Å². The summed E-state index contributed by atoms with van der Waals surface area (Å²) in [4.78, 5) is 10.8. The Morgan fingerprint density at radius 1 is 1.42 bits per heavy atom. The number of likely N-dealkylation sites (tertiary alicyclic amines) is 1. The first-order chi connectivity index (χ1) is 8.65. The number of nitrogens with zero attached hydrogens (tertiary/aromatic N) is 3. The van der Waals surface area contributed by atoms with E-state index in [2.05, 4.69) is 27.9 Å². The number of guanidine groups is 1. The molecule has 1 aliphatic heterocycles. The summed E-state index contributed by atoms with van der Waals surface area (Å²) in [6.07, 6.45) is 6.12. The molecule has 2 rings (SSSR count). The summed E-state index contributed by atoms with van der Waals surface area (Å²) in [6.45, 7) is 7.01. The van der Waals surface area contributed by atoms with Gasteiger partial charge in [-0.2, -0.15) is 0 Å². The van der Waals surface area contributed by atoms with Crippen molar-refractivity contribution in [3.05, 3.63) is 29.6 Å². The number of piperidine rings is 1. The van der Waals surface area contributed by atoms with Gasteiger partial charge < -0.3 is 10.6 Å². The quantitative estimate of drug-likeness (QED) is 0.492. The van der Waals surface area contributed by atoms with Gasteiger partial charge in [0.25, 0.3) is 0 Å². The molecule has 0 atom stereocenters. The molecule has 4 nitrogen and oxygen atoms in total. The Labute approximate surface area is 132 Å². The number of pyridine rings is 1. The molecule has 106 valence electrons. The predicted octanol–water partition coefficient (Wildman–Crippen LogP) is 2.55. The molecule has 0 aromatic carbocycles. The van der Waals surface area contributed by atoms with Crippen LogP contribution in [0.2, 0.25) is 0 Å². The average molecular weight is 374 g/mol. The topological polar surface area (TPSA) is 54.5 Å². The minimum Gasteiger partial charge on any atom is -0.370 e. The number of aryl methyl sites for hydroxylation is 1. The van der Waals surface area contributed by atoms with Crippen molar-refractivity contribution in [1.29, 1.82) is 0 Å². The Bertz CT molecular complexity index is 425. The van der Waals surface area contributed by atoms with Crippen LogP contribution < -0.4 is 5.73 Å². The van der Waals surface area contributed by atoms with Crippen LogP contribution >= 0.6 is 24.0 Å². The highest BCUT2D eigenvalue weighted by atomic mass is 127. The van der Waals surface area contributed by atoms with Crippen molar-refractivity contribution in [2.75, 3.05) is 13.1 Å². The van der Waals surface area contributed by atoms with Crippen molar-refractivity contribution >= 4 is 29.9 Å². The normalized spacial score (nSPS) is 17.2. The van der Waals surface area contributed by atoms with Gasteiger partial charge in [0.15, 0.2) is 5.96 Å². The molecule has 0 spiro atoms. The molecule has 19 heavy (non-hydrogen) atoms. The molecular formula is C14H23IN4. The summed E-state index contributed by atoms with van der Waals surface area (Å²) in [6, 6.07) is 2.10. The van der Waals surface area contributed by atoms with Crippen LogP contribution in [0.3, 0.4) is 0 Å². The molecule has 0 aliphatic carbocycles. The van der Waals surface area contributed by atoms with Crippen molar-refractivity contribution in [3.63, 3.8) is 0 Å². The van der Waals surface area contributed by atoms with E-state index in [4.69, 9.17) is 5.73 Å². The number of hydrogen-bond acceptors (Lipinski definition) is 2. The summed E-state index contributed by atoms with van der Waals surface area (Å²) in [5.41, 5.74) is 8.31. The van der Waals surface area contributed by atoms with Crippen LogP contribution in [-0.2, 0) is 6.54 Å². The molecular weight excluding hydrogens is 351 g/mol. The summed E-state index contributed by atoms with van der Waals surface area (Å²) in [7, 11) is 0. The number of rotatable bonds is 2. The van der Waals surface area contributed by atoms with Gasteiger partial charge in [-0.25, -0.2) is 4.99 Å². The lowest BCUT2D eigenvalue weighted by Gasteiger charge is -2.31. The smallest absolute Gasteiger partial charge is 0.191 e. The number of aliphatic imine (C=N–C) groups is 1. The third-order valence-corrected chi connectivity index (χ3v) is 3.46. The Morgan fingerprint density at radius 3 is 2.74 bits per heavy atom. The largest absolute Gasteiger partial charge is 0.370 e. The summed E-state index contributed by atoms with van der Waals surface area (Å²) >= 11 is 0. The van der Waals surface area contributed by atoms with Gasteiger partial charge in [-0.3, -0.25) is 4.98 Å². The second kappa shape index (κ2) is 7.67. The maximum atomic E-state index is 6.04. The fraction of sp³-hybridized carbons (Fsp3) is 0.571. The number of hydrogen-bond donors (Lipinski definition) is 1. The Kier molecular flexibility index (Phi) is 6.54. The molecule has 0 unspecified atom stereocenters. The van der Waals surface area contributed by atoms with Crippen LogP contribution in [0.15, 0.2) is 23.5 Å². The zero-order chi connectivity index (χ0) is 13.0. The van der Waals surface area contributed by atoms with Crippen LogP contribution in [0.1, 0.15) is 30.9 Å². The molecule has 1 saturated heterocycles. The number of halogens is 1. The Morgan fingerprint density at radius 2 is 2.11 bits per heavy atom. The van der Waals surface area contributed by atoms with Crippen molar-refractivity contribution in [1.82, 2.24) is 9.88 Å². The van der Waals surface area contributed by atoms with Crippen LogP contribution in [0.5, 0.6) is 0 Å². The molecule has 1 aromatic heterocycles. The molecule has 1 fully saturated rings. The van der Waals surface area contributed by atoms with Crippen LogP contribution in [0.4, 0.5) is 0 Å². The highest BCUT2D eigenvalue weighted by Gasteiger charge is 2.16. The lowest BCUT2D eigenvalue weighted by atomic mass is 10.00. The van der Waals surface area contributed by atoms with E-state index in [0.29, 0.717) is 12.5 Å². The van der Waals surface area contributed by atoms with E-state index < -0.39 is 0 Å². The highest BCUT2D eigenvalue weighted by Crippen LogP contribution is 2.15. The van der Waals surface area contributed by atoms with Crippen molar-refractivity contribution in [3.8, 4) is 0 Å². The molecule has 2 N–H and O–H groups in total. The minimum atomic E-state index is 0. The fourth-order valence-electron chi connectivity index (χ4n) is 2.21. The first kappa shape index (κ1) is 16.2. The first-order valence-corrected chi connectivity index (χ1v) is 6.60. The maximum absolute atomic E-state index is 6.04. The molecule has 1 aromatic rings. The summed E-state index contributed by atoms with van der Waals surface area (Å²) in [5.74, 6) is 1.48. The van der Waals surface area contributed by atoms with Gasteiger partial charge in [-0.15, -0.1) is 24.0 Å². The van der Waals surface area contributed by atoms with Gasteiger partial charge in [0.05, 0.1) is 6.54 Å². The Balaban J connectivity index is 0.00000180. The van der Waals surface area contributed by atoms with E-state index in [1.54, 1.807) is 0 Å². The Hall–Kier alpha value is -0.850. The summed E-state index contributed by atoms with van der Waals surface area (Å²) < 4.78 is 0. The second-order valence-corrected chi connectivity index (χ2v) is 5.21. The number of nitrogens with two attached hydrogens (primary N) is 1. The predicted molar refractivity (Wildman–Crippen MR) is 89.7 cm³/mol. The minimum absolute atomic E-state index is 0. The molecule has 0 saturated carbocycles. The van der Waals surface area contributed by atoms with Crippen molar-refractivity contribution < 1.29 is 0 Å². The summed E-state index contributed by atoms with van der Waals surface area (Å²) in [5, 5.41) is 0. The van der Waals surface area contributed by atoms with E-state index in [-0.39, 0.29) is 24.0 Å². The molecule has 1 aliphatic rings. The van der Waals surface area contributed by atoms with E-state index in [1.807, 2.05) is 19.3 Å². The van der Waals surface area contributed by atoms with Crippen LogP contribution in [0, 0.1) is 12.8 Å². The molecule has 2 heterocycles. The molecule has 0 amide bonds. The van der Waals surface area contributed by atoms with Gasteiger partial charge in [0.2, 0.25) is 0 Å². The maximum Gasteiger partial charge on any atom is 0.191 e. The highest BCUT2D eigenvalue weighted by molar-refractivity contribution is 14.0. The van der Waals surface area contributed by atoms with E-state index in [1.165, 1.54) is 12.8 Å². The first-order valence-electron chi connectivity index (χ1n) is 6.60. The third kappa shape index (κ3) is 4.97. The van der Waals surface area contributed by atoms with Crippen LogP contribution in [0.25, 0.3) is 0 Å². The second-order valence-electron chi connectivity index (χ2n) is 5.21. The van der Waals surface area contributed by atoms with Gasteiger partial charge in [-0.1, -0.05) is 13.0 Å². The SMILES string of the molecule is Cc1cncc(CN=C(N)N2CCC(C)CC2)c1.I. The van der Waals surface area contributed by atoms with Crippen LogP contribution in [-0.4, -0.2) is 28.9 Å². The number of aromatic nitrogens is 1. The lowest BCUT2D eigenvalue weighted by Crippen LogP contribution is -2.42. The standard InChI is InChI=1S/C14H22N4.HI/c1-11-3-5-18(6-4-11)14(15)17-10-13-7-12(2)8-16-9-13;/h7-9,11H,3-6,10H2,1-2H3,(H2,15,17);1H. The van der Waals surface area contributed by atoms with Gasteiger partial charge in [0, 0.05) is 25.5 Å².